The van der Waals surface area contributed by atoms with E-state index in [2.05, 4.69) is 168 Å². The molecule has 0 aliphatic rings. The highest BCUT2D eigenvalue weighted by molar-refractivity contribution is 6.18. The number of hydrogen-bond donors (Lipinski definition) is 0. The summed E-state index contributed by atoms with van der Waals surface area (Å²) in [6.45, 7) is 0. The lowest BCUT2D eigenvalue weighted by molar-refractivity contribution is 0.669. The van der Waals surface area contributed by atoms with Gasteiger partial charge >= 0.3 is 0 Å². The van der Waals surface area contributed by atoms with Gasteiger partial charge in [0.15, 0.2) is 5.82 Å². The second-order valence-corrected chi connectivity index (χ2v) is 13.8. The highest BCUT2D eigenvalue weighted by Crippen LogP contribution is 2.40. The average Bonchev–Trinajstić information content (AvgIpc) is 3.77. The molecule has 4 heteroatoms. The van der Waals surface area contributed by atoms with E-state index in [1.54, 1.807) is 0 Å². The zero-order valence-electron chi connectivity index (χ0n) is 29.1. The van der Waals surface area contributed by atoms with Crippen LogP contribution in [0.25, 0.3) is 105 Å². The Morgan fingerprint density at radius 3 is 1.74 bits per heavy atom. The molecule has 54 heavy (non-hydrogen) atoms. The first-order valence-corrected chi connectivity index (χ1v) is 18.2. The molecule has 0 fully saturated rings. The molecule has 0 saturated heterocycles. The molecule has 3 aromatic heterocycles. The molecule has 3 heterocycles. The molecule has 0 atom stereocenters. The van der Waals surface area contributed by atoms with Crippen LogP contribution in [0.5, 0.6) is 0 Å². The van der Waals surface area contributed by atoms with Crippen molar-refractivity contribution in [1.29, 1.82) is 0 Å². The van der Waals surface area contributed by atoms with Gasteiger partial charge in [0.1, 0.15) is 11.2 Å². The minimum Gasteiger partial charge on any atom is -0.456 e. The third-order valence-electron chi connectivity index (χ3n) is 10.6. The van der Waals surface area contributed by atoms with E-state index >= 15 is 0 Å². The lowest BCUT2D eigenvalue weighted by Crippen LogP contribution is -1.95. The lowest BCUT2D eigenvalue weighted by atomic mass is 10.00. The van der Waals surface area contributed by atoms with Gasteiger partial charge in [-0.2, -0.15) is 0 Å². The van der Waals surface area contributed by atoms with Crippen molar-refractivity contribution < 1.29 is 4.42 Å². The number of furan rings is 1. The summed E-state index contributed by atoms with van der Waals surface area (Å²) < 4.78 is 8.68. The standard InChI is InChI=1S/C50H31N3O/c1-3-11-32(12-4-1)33-19-23-35(24-20-33)49-40-16-7-9-17-44(40)51-50(52-49)36-25-21-34(22-26-36)37-27-28-45-41(29-37)42-30-43-39-15-8-10-18-47(39)54-48(43)31-46(42)53(45)38-13-5-2-6-14-38/h1-31H. The van der Waals surface area contributed by atoms with Gasteiger partial charge in [0, 0.05) is 49.8 Å². The summed E-state index contributed by atoms with van der Waals surface area (Å²) in [7, 11) is 0. The van der Waals surface area contributed by atoms with Gasteiger partial charge in [-0.15, -0.1) is 0 Å². The monoisotopic (exact) mass is 689 g/mol. The molecule has 4 nitrogen and oxygen atoms in total. The Morgan fingerprint density at radius 1 is 0.352 bits per heavy atom. The number of fused-ring (bicyclic) bond motifs is 7. The fourth-order valence-corrected chi connectivity index (χ4v) is 7.96. The largest absolute Gasteiger partial charge is 0.456 e. The minimum atomic E-state index is 0.708. The molecule has 0 N–H and O–H groups in total. The van der Waals surface area contributed by atoms with Gasteiger partial charge in [0.05, 0.1) is 22.2 Å². The van der Waals surface area contributed by atoms with Crippen molar-refractivity contribution in [2.75, 3.05) is 0 Å². The first-order valence-electron chi connectivity index (χ1n) is 18.2. The molecule has 0 spiro atoms. The fraction of sp³-hybridized carbons (Fsp3) is 0. The molecule has 252 valence electrons. The van der Waals surface area contributed by atoms with E-state index in [0.717, 1.165) is 77.5 Å². The zero-order chi connectivity index (χ0) is 35.6. The predicted octanol–water partition coefficient (Wildman–Crippen LogP) is 13.3. The van der Waals surface area contributed by atoms with Crippen LogP contribution in [0, 0.1) is 0 Å². The minimum absolute atomic E-state index is 0.708. The van der Waals surface area contributed by atoms with Crippen LogP contribution in [-0.4, -0.2) is 14.5 Å². The molecule has 0 aliphatic heterocycles. The summed E-state index contributed by atoms with van der Waals surface area (Å²) in [5.74, 6) is 0.708. The highest BCUT2D eigenvalue weighted by atomic mass is 16.3. The number of aromatic nitrogens is 3. The SMILES string of the molecule is c1ccc(-c2ccc(-c3nc(-c4ccc(-c5ccc6c(c5)c5cc7c(cc5n6-c5ccccc5)oc5ccccc57)cc4)nc4ccccc34)cc2)cc1. The number of nitrogens with zero attached hydrogens (tertiary/aromatic N) is 3. The van der Waals surface area contributed by atoms with Gasteiger partial charge in [-0.05, 0) is 64.7 Å². The Hall–Kier alpha value is -7.30. The number of benzene rings is 8. The maximum Gasteiger partial charge on any atom is 0.160 e. The molecule has 0 amide bonds. The van der Waals surface area contributed by atoms with Crippen LogP contribution < -0.4 is 0 Å². The number of para-hydroxylation sites is 3. The third-order valence-corrected chi connectivity index (χ3v) is 10.6. The zero-order valence-corrected chi connectivity index (χ0v) is 29.1. The van der Waals surface area contributed by atoms with Crippen LogP contribution >= 0.6 is 0 Å². The molecule has 11 rings (SSSR count). The van der Waals surface area contributed by atoms with E-state index in [1.165, 1.54) is 21.9 Å². The Balaban J connectivity index is 1.01. The average molecular weight is 690 g/mol. The Bertz CT molecular complexity index is 3180. The number of rotatable bonds is 5. The smallest absolute Gasteiger partial charge is 0.160 e. The van der Waals surface area contributed by atoms with E-state index < -0.39 is 0 Å². The third kappa shape index (κ3) is 4.92. The number of hydrogen-bond acceptors (Lipinski definition) is 3. The summed E-state index contributed by atoms with van der Waals surface area (Å²) in [5.41, 5.74) is 13.7. The van der Waals surface area contributed by atoms with Gasteiger partial charge in [0.2, 0.25) is 0 Å². The normalized spacial score (nSPS) is 11.7. The van der Waals surface area contributed by atoms with Crippen LogP contribution in [0.4, 0.5) is 0 Å². The molecule has 0 saturated carbocycles. The van der Waals surface area contributed by atoms with Gasteiger partial charge in [-0.1, -0.05) is 140 Å². The van der Waals surface area contributed by atoms with E-state index in [4.69, 9.17) is 14.4 Å². The quantitative estimate of drug-likeness (QED) is 0.181. The maximum atomic E-state index is 6.34. The lowest BCUT2D eigenvalue weighted by Gasteiger charge is -2.11. The van der Waals surface area contributed by atoms with Crippen LogP contribution in [0.15, 0.2) is 192 Å². The predicted molar refractivity (Wildman–Crippen MR) is 223 cm³/mol. The van der Waals surface area contributed by atoms with E-state index in [1.807, 2.05) is 24.3 Å². The first-order chi connectivity index (χ1) is 26.7. The van der Waals surface area contributed by atoms with E-state index in [0.29, 0.717) is 5.82 Å². The molecule has 0 radical (unpaired) electrons. The van der Waals surface area contributed by atoms with E-state index in [9.17, 15) is 0 Å². The van der Waals surface area contributed by atoms with E-state index in [-0.39, 0.29) is 0 Å². The highest BCUT2D eigenvalue weighted by Gasteiger charge is 2.18. The Kier molecular flexibility index (Phi) is 6.82. The van der Waals surface area contributed by atoms with Crippen LogP contribution in [0.3, 0.4) is 0 Å². The molecular formula is C50H31N3O. The van der Waals surface area contributed by atoms with Crippen molar-refractivity contribution in [1.82, 2.24) is 14.5 Å². The topological polar surface area (TPSA) is 43.9 Å². The molecule has 0 bridgehead atoms. The summed E-state index contributed by atoms with van der Waals surface area (Å²) >= 11 is 0. The van der Waals surface area contributed by atoms with Gasteiger partial charge < -0.3 is 8.98 Å². The van der Waals surface area contributed by atoms with Crippen molar-refractivity contribution in [2.45, 2.75) is 0 Å². The van der Waals surface area contributed by atoms with Crippen molar-refractivity contribution in [2.24, 2.45) is 0 Å². The van der Waals surface area contributed by atoms with Crippen LogP contribution in [-0.2, 0) is 0 Å². The summed E-state index contributed by atoms with van der Waals surface area (Å²) in [5, 5.41) is 5.68. The summed E-state index contributed by atoms with van der Waals surface area (Å²) in [4.78, 5) is 10.2. The summed E-state index contributed by atoms with van der Waals surface area (Å²) in [6.07, 6.45) is 0. The second kappa shape index (κ2) is 12.1. The molecular weight excluding hydrogens is 659 g/mol. The second-order valence-electron chi connectivity index (χ2n) is 13.8. The Morgan fingerprint density at radius 2 is 0.944 bits per heavy atom. The molecule has 0 unspecified atom stereocenters. The van der Waals surface area contributed by atoms with Gasteiger partial charge in [-0.25, -0.2) is 9.97 Å². The first kappa shape index (κ1) is 30.3. The van der Waals surface area contributed by atoms with Gasteiger partial charge in [-0.3, -0.25) is 0 Å². The molecule has 11 aromatic rings. The van der Waals surface area contributed by atoms with Crippen molar-refractivity contribution >= 4 is 54.6 Å². The van der Waals surface area contributed by atoms with Crippen LogP contribution in [0.2, 0.25) is 0 Å². The molecule has 8 aromatic carbocycles. The van der Waals surface area contributed by atoms with Crippen molar-refractivity contribution in [3.05, 3.63) is 188 Å². The van der Waals surface area contributed by atoms with Crippen LogP contribution in [0.1, 0.15) is 0 Å². The van der Waals surface area contributed by atoms with Crippen molar-refractivity contribution in [3.63, 3.8) is 0 Å². The van der Waals surface area contributed by atoms with Gasteiger partial charge in [0.25, 0.3) is 0 Å². The summed E-state index contributed by atoms with van der Waals surface area (Å²) in [6, 6.07) is 66.2. The molecule has 0 aliphatic carbocycles. The van der Waals surface area contributed by atoms with Crippen molar-refractivity contribution in [3.8, 4) is 50.6 Å². The maximum absolute atomic E-state index is 6.34. The Labute approximate surface area is 311 Å². The fourth-order valence-electron chi connectivity index (χ4n) is 7.96.